The lowest BCUT2D eigenvalue weighted by Gasteiger charge is -2.44. The van der Waals surface area contributed by atoms with Crippen LogP contribution >= 0.6 is 0 Å². The van der Waals surface area contributed by atoms with E-state index in [1.807, 2.05) is 0 Å². The SMILES string of the molecule is CC(C)(C)N1C2CCC1(c1ccccc1)CC2. The molecule has 2 aliphatic heterocycles. The Balaban J connectivity index is 2.07. The summed E-state index contributed by atoms with van der Waals surface area (Å²) in [5, 5.41) is 0. The molecule has 2 bridgehead atoms. The standard InChI is InChI=1S/C16H23N/c1-15(2,3)17-14-9-11-16(17,12-10-14)13-7-5-4-6-8-13/h4-8,14H,9-12H2,1-3H3. The molecule has 0 amide bonds. The molecule has 2 heterocycles. The van der Waals surface area contributed by atoms with Gasteiger partial charge in [-0.3, -0.25) is 4.90 Å². The average molecular weight is 229 g/mol. The summed E-state index contributed by atoms with van der Waals surface area (Å²) in [5.41, 5.74) is 2.16. The van der Waals surface area contributed by atoms with Crippen molar-refractivity contribution >= 4 is 0 Å². The van der Waals surface area contributed by atoms with Crippen LogP contribution in [0.25, 0.3) is 0 Å². The third-order valence-corrected chi connectivity index (χ3v) is 4.64. The zero-order chi connectivity index (χ0) is 12.1. The van der Waals surface area contributed by atoms with E-state index in [0.717, 1.165) is 6.04 Å². The van der Waals surface area contributed by atoms with Gasteiger partial charge in [0.2, 0.25) is 0 Å². The van der Waals surface area contributed by atoms with Crippen molar-refractivity contribution in [2.45, 2.75) is 63.6 Å². The lowest BCUT2D eigenvalue weighted by atomic mass is 9.81. The summed E-state index contributed by atoms with van der Waals surface area (Å²) >= 11 is 0. The molecule has 0 N–H and O–H groups in total. The third-order valence-electron chi connectivity index (χ3n) is 4.64. The van der Waals surface area contributed by atoms with Crippen LogP contribution in [0.15, 0.2) is 30.3 Å². The first-order valence-corrected chi connectivity index (χ1v) is 6.89. The smallest absolute Gasteiger partial charge is 0.0469 e. The van der Waals surface area contributed by atoms with Crippen molar-refractivity contribution < 1.29 is 0 Å². The molecule has 1 aromatic rings. The first kappa shape index (κ1) is 11.3. The maximum absolute atomic E-state index is 2.80. The maximum Gasteiger partial charge on any atom is 0.0469 e. The molecule has 0 unspecified atom stereocenters. The van der Waals surface area contributed by atoms with Crippen LogP contribution in [0.1, 0.15) is 52.0 Å². The zero-order valence-electron chi connectivity index (χ0n) is 11.2. The molecule has 0 spiro atoms. The van der Waals surface area contributed by atoms with Crippen LogP contribution in [0.2, 0.25) is 0 Å². The van der Waals surface area contributed by atoms with E-state index in [-0.39, 0.29) is 5.54 Å². The predicted octanol–water partition coefficient (Wildman–Crippen LogP) is 3.94. The van der Waals surface area contributed by atoms with E-state index < -0.39 is 0 Å². The van der Waals surface area contributed by atoms with Gasteiger partial charge in [0.15, 0.2) is 0 Å². The van der Waals surface area contributed by atoms with Crippen LogP contribution < -0.4 is 0 Å². The van der Waals surface area contributed by atoms with Crippen molar-refractivity contribution in [3.8, 4) is 0 Å². The van der Waals surface area contributed by atoms with Crippen LogP contribution in [0.3, 0.4) is 0 Å². The summed E-state index contributed by atoms with van der Waals surface area (Å²) in [6.45, 7) is 7.11. The zero-order valence-corrected chi connectivity index (χ0v) is 11.2. The Labute approximate surface area is 105 Å². The molecule has 1 heteroatoms. The van der Waals surface area contributed by atoms with E-state index in [9.17, 15) is 0 Å². The lowest BCUT2D eigenvalue weighted by Crippen LogP contribution is -2.50. The van der Waals surface area contributed by atoms with Gasteiger partial charge in [-0.2, -0.15) is 0 Å². The van der Waals surface area contributed by atoms with Crippen LogP contribution in [0.4, 0.5) is 0 Å². The van der Waals surface area contributed by atoms with E-state index in [2.05, 4.69) is 56.0 Å². The van der Waals surface area contributed by atoms with Crippen molar-refractivity contribution in [3.63, 3.8) is 0 Å². The molecule has 92 valence electrons. The number of hydrogen-bond donors (Lipinski definition) is 0. The maximum atomic E-state index is 2.80. The molecule has 3 rings (SSSR count). The summed E-state index contributed by atoms with van der Waals surface area (Å²) in [6, 6.07) is 12.0. The first-order chi connectivity index (χ1) is 8.04. The second kappa shape index (κ2) is 3.58. The molecule has 0 aliphatic carbocycles. The molecular formula is C16H23N. The topological polar surface area (TPSA) is 3.24 Å². The molecule has 2 aliphatic rings. The number of hydrogen-bond acceptors (Lipinski definition) is 1. The molecule has 17 heavy (non-hydrogen) atoms. The summed E-state index contributed by atoms with van der Waals surface area (Å²) in [6.07, 6.45) is 5.45. The van der Waals surface area contributed by atoms with Crippen molar-refractivity contribution in [2.24, 2.45) is 0 Å². The highest BCUT2D eigenvalue weighted by Crippen LogP contribution is 2.55. The Morgan fingerprint density at radius 1 is 1.06 bits per heavy atom. The van der Waals surface area contributed by atoms with Gasteiger partial charge in [-0.1, -0.05) is 30.3 Å². The highest BCUT2D eigenvalue weighted by atomic mass is 15.3. The van der Waals surface area contributed by atoms with Crippen molar-refractivity contribution in [1.82, 2.24) is 4.90 Å². The number of benzene rings is 1. The largest absolute Gasteiger partial charge is 0.286 e. The molecule has 1 aromatic carbocycles. The van der Waals surface area contributed by atoms with Gasteiger partial charge in [-0.25, -0.2) is 0 Å². The van der Waals surface area contributed by atoms with Crippen LogP contribution in [0.5, 0.6) is 0 Å². The van der Waals surface area contributed by atoms with Crippen LogP contribution in [0, 0.1) is 0 Å². The number of fused-ring (bicyclic) bond motifs is 2. The van der Waals surface area contributed by atoms with Gasteiger partial charge in [-0.15, -0.1) is 0 Å². The molecule has 1 nitrogen and oxygen atoms in total. The molecule has 0 atom stereocenters. The van der Waals surface area contributed by atoms with Crippen LogP contribution in [-0.4, -0.2) is 16.5 Å². The Morgan fingerprint density at radius 2 is 1.65 bits per heavy atom. The van der Waals surface area contributed by atoms with E-state index in [1.165, 1.54) is 31.2 Å². The van der Waals surface area contributed by atoms with E-state index in [4.69, 9.17) is 0 Å². The van der Waals surface area contributed by atoms with Gasteiger partial charge in [0, 0.05) is 17.1 Å². The fourth-order valence-electron chi connectivity index (χ4n) is 4.29. The number of nitrogens with zero attached hydrogens (tertiary/aromatic N) is 1. The fraction of sp³-hybridized carbons (Fsp3) is 0.625. The quantitative estimate of drug-likeness (QED) is 0.705. The second-order valence-electron chi connectivity index (χ2n) is 6.67. The molecule has 0 aromatic heterocycles. The van der Waals surface area contributed by atoms with E-state index >= 15 is 0 Å². The van der Waals surface area contributed by atoms with Gasteiger partial charge in [-0.05, 0) is 52.0 Å². The normalized spacial score (nSPS) is 33.2. The minimum Gasteiger partial charge on any atom is -0.286 e. The Bertz CT molecular complexity index is 393. The highest BCUT2D eigenvalue weighted by Gasteiger charge is 2.55. The van der Waals surface area contributed by atoms with Crippen LogP contribution in [-0.2, 0) is 5.54 Å². The van der Waals surface area contributed by atoms with Crippen molar-refractivity contribution in [2.75, 3.05) is 0 Å². The fourth-order valence-corrected chi connectivity index (χ4v) is 4.29. The van der Waals surface area contributed by atoms with Gasteiger partial charge in [0.1, 0.15) is 0 Å². The first-order valence-electron chi connectivity index (χ1n) is 6.89. The lowest BCUT2D eigenvalue weighted by molar-refractivity contribution is 0.0493. The summed E-state index contributed by atoms with van der Waals surface area (Å²) in [7, 11) is 0. The Morgan fingerprint density at radius 3 is 2.18 bits per heavy atom. The monoisotopic (exact) mass is 229 g/mol. The predicted molar refractivity (Wildman–Crippen MR) is 72.0 cm³/mol. The van der Waals surface area contributed by atoms with Gasteiger partial charge in [0.05, 0.1) is 0 Å². The van der Waals surface area contributed by atoms with E-state index in [0.29, 0.717) is 5.54 Å². The average Bonchev–Trinajstić information content (AvgIpc) is 2.86. The van der Waals surface area contributed by atoms with Gasteiger partial charge >= 0.3 is 0 Å². The summed E-state index contributed by atoms with van der Waals surface area (Å²) in [4.78, 5) is 2.80. The molecule has 0 saturated carbocycles. The molecule has 2 fully saturated rings. The van der Waals surface area contributed by atoms with Crippen molar-refractivity contribution in [1.29, 1.82) is 0 Å². The third kappa shape index (κ3) is 1.55. The summed E-state index contributed by atoms with van der Waals surface area (Å²) < 4.78 is 0. The Kier molecular flexibility index (Phi) is 2.38. The highest BCUT2D eigenvalue weighted by molar-refractivity contribution is 5.30. The van der Waals surface area contributed by atoms with Crippen molar-refractivity contribution in [3.05, 3.63) is 35.9 Å². The van der Waals surface area contributed by atoms with E-state index in [1.54, 1.807) is 0 Å². The Hall–Kier alpha value is -0.820. The summed E-state index contributed by atoms with van der Waals surface area (Å²) in [5.74, 6) is 0. The molecule has 0 radical (unpaired) electrons. The molecule has 2 saturated heterocycles. The van der Waals surface area contributed by atoms with Gasteiger partial charge < -0.3 is 0 Å². The minimum atomic E-state index is 0.285. The minimum absolute atomic E-state index is 0.285. The number of rotatable bonds is 1. The molecular weight excluding hydrogens is 206 g/mol. The van der Waals surface area contributed by atoms with Gasteiger partial charge in [0.25, 0.3) is 0 Å². The second-order valence-corrected chi connectivity index (χ2v) is 6.67.